The first kappa shape index (κ1) is 12.9. The van der Waals surface area contributed by atoms with Crippen LogP contribution >= 0.6 is 0 Å². The molecule has 6 heteroatoms. The highest BCUT2D eigenvalue weighted by Gasteiger charge is 2.51. The first-order valence-corrected chi connectivity index (χ1v) is 7.66. The number of hydrogen-bond donors (Lipinski definition) is 0. The van der Waals surface area contributed by atoms with E-state index in [1.54, 1.807) is 24.3 Å². The maximum Gasteiger partial charge on any atom is 0.737 e. The van der Waals surface area contributed by atoms with Crippen LogP contribution in [0.3, 0.4) is 0 Å². The number of nitrogens with zero attached hydrogens (tertiary/aromatic N) is 2. The minimum absolute atomic E-state index is 0.556. The third kappa shape index (κ3) is 1.60. The van der Waals surface area contributed by atoms with Crippen molar-refractivity contribution in [3.05, 3.63) is 71.2 Å². The Morgan fingerprint density at radius 3 is 3.04 bits per heavy atom. The number of fused-ring (bicyclic) bond motifs is 3. The van der Waals surface area contributed by atoms with Gasteiger partial charge in [0.25, 0.3) is 0 Å². The third-order valence-corrected chi connectivity index (χ3v) is 4.72. The summed E-state index contributed by atoms with van der Waals surface area (Å²) in [5.74, 6) is 0.894. The Morgan fingerprint density at radius 1 is 1.22 bits per heavy atom. The number of halogens is 2. The van der Waals surface area contributed by atoms with Gasteiger partial charge >= 0.3 is 6.97 Å². The van der Waals surface area contributed by atoms with Gasteiger partial charge in [-0.3, -0.25) is 0 Å². The highest BCUT2D eigenvalue weighted by Crippen LogP contribution is 2.39. The Balaban J connectivity index is 1.79. The molecular weight excluding hydrogens is 297 g/mol. The fraction of sp³-hybridized carbons (Fsp3) is 0.118. The summed E-state index contributed by atoms with van der Waals surface area (Å²) in [5.41, 5.74) is 4.03. The summed E-state index contributed by atoms with van der Waals surface area (Å²) in [7, 11) is 0. The van der Waals surface area contributed by atoms with E-state index in [4.69, 9.17) is 4.74 Å². The molecule has 0 radical (unpaired) electrons. The molecule has 0 atom stereocenters. The molecule has 0 unspecified atom stereocenters. The second kappa shape index (κ2) is 4.22. The first-order valence-electron chi connectivity index (χ1n) is 7.66. The SMILES string of the molecule is F[B-]1(F)n2cccc2C(c2ccc3c(c2)CCO3)=C2C=CC=[N+]21. The van der Waals surface area contributed by atoms with E-state index in [0.29, 0.717) is 18.0 Å². The van der Waals surface area contributed by atoms with Gasteiger partial charge in [0.1, 0.15) is 12.0 Å². The average molecular weight is 310 g/mol. The Bertz CT molecular complexity index is 940. The summed E-state index contributed by atoms with van der Waals surface area (Å²) in [6.07, 6.45) is 7.20. The van der Waals surface area contributed by atoms with E-state index in [2.05, 4.69) is 6.07 Å². The van der Waals surface area contributed by atoms with Crippen LogP contribution in [0.1, 0.15) is 16.8 Å². The van der Waals surface area contributed by atoms with Crippen LogP contribution in [0.4, 0.5) is 8.63 Å². The highest BCUT2D eigenvalue weighted by atomic mass is 19.2. The van der Waals surface area contributed by atoms with Gasteiger partial charge in [-0.2, -0.15) is 0 Å². The zero-order valence-electron chi connectivity index (χ0n) is 12.2. The molecule has 23 heavy (non-hydrogen) atoms. The molecule has 0 saturated heterocycles. The number of hydrogen-bond acceptors (Lipinski definition) is 1. The van der Waals surface area contributed by atoms with E-state index in [-0.39, 0.29) is 0 Å². The van der Waals surface area contributed by atoms with Crippen molar-refractivity contribution >= 4 is 18.8 Å². The lowest BCUT2D eigenvalue weighted by molar-refractivity contribution is -0.356. The lowest BCUT2D eigenvalue weighted by Gasteiger charge is -2.31. The van der Waals surface area contributed by atoms with Crippen LogP contribution in [-0.4, -0.2) is 28.8 Å². The summed E-state index contributed by atoms with van der Waals surface area (Å²) >= 11 is 0. The van der Waals surface area contributed by atoms with E-state index in [1.807, 2.05) is 12.1 Å². The van der Waals surface area contributed by atoms with Gasteiger partial charge in [0.15, 0.2) is 5.70 Å². The van der Waals surface area contributed by atoms with Crippen LogP contribution in [0.5, 0.6) is 5.75 Å². The van der Waals surface area contributed by atoms with Crippen molar-refractivity contribution < 1.29 is 17.9 Å². The van der Waals surface area contributed by atoms with Crippen molar-refractivity contribution in [1.82, 2.24) is 4.48 Å². The van der Waals surface area contributed by atoms with Gasteiger partial charge in [0, 0.05) is 24.3 Å². The fourth-order valence-electron chi connectivity index (χ4n) is 3.66. The number of rotatable bonds is 1. The van der Waals surface area contributed by atoms with Gasteiger partial charge in [0.2, 0.25) is 0 Å². The second-order valence-corrected chi connectivity index (χ2v) is 5.99. The van der Waals surface area contributed by atoms with E-state index in [9.17, 15) is 8.63 Å². The van der Waals surface area contributed by atoms with Crippen molar-refractivity contribution in [3.63, 3.8) is 0 Å². The van der Waals surface area contributed by atoms with Crippen molar-refractivity contribution in [2.24, 2.45) is 0 Å². The predicted molar refractivity (Wildman–Crippen MR) is 84.9 cm³/mol. The molecule has 0 amide bonds. The van der Waals surface area contributed by atoms with Crippen LogP contribution in [0, 0.1) is 0 Å². The second-order valence-electron chi connectivity index (χ2n) is 5.99. The smallest absolute Gasteiger partial charge is 0.493 e. The van der Waals surface area contributed by atoms with Crippen LogP contribution in [-0.2, 0) is 6.42 Å². The molecule has 114 valence electrons. The third-order valence-electron chi connectivity index (χ3n) is 4.72. The van der Waals surface area contributed by atoms with Crippen LogP contribution in [0.2, 0.25) is 0 Å². The molecule has 0 N–H and O–H groups in total. The van der Waals surface area contributed by atoms with Gasteiger partial charge in [0.05, 0.1) is 12.2 Å². The molecular formula is C17H13BF2N2O. The zero-order chi connectivity index (χ0) is 15.6. The monoisotopic (exact) mass is 310 g/mol. The van der Waals surface area contributed by atoms with E-state index < -0.39 is 6.97 Å². The maximum absolute atomic E-state index is 14.7. The molecule has 1 aromatic carbocycles. The van der Waals surface area contributed by atoms with Crippen LogP contribution < -0.4 is 4.74 Å². The summed E-state index contributed by atoms with van der Waals surface area (Å²) < 4.78 is 37.2. The Morgan fingerprint density at radius 2 is 2.13 bits per heavy atom. The molecule has 3 aliphatic heterocycles. The minimum Gasteiger partial charge on any atom is -0.493 e. The van der Waals surface area contributed by atoms with Crippen molar-refractivity contribution in [3.8, 4) is 5.75 Å². The van der Waals surface area contributed by atoms with Crippen LogP contribution in [0.25, 0.3) is 5.57 Å². The minimum atomic E-state index is -3.83. The molecule has 3 aliphatic rings. The Labute approximate surface area is 131 Å². The summed E-state index contributed by atoms with van der Waals surface area (Å²) in [6, 6.07) is 9.37. The standard InChI is InChI=1S/C17H13BF2N2O/c19-18(20)21-8-1-3-14(21)17(15-4-2-9-22(15)18)13-5-6-16-12(11-13)7-10-23-16/h1-6,8-9,11H,7,10H2. The van der Waals surface area contributed by atoms with Gasteiger partial charge in [-0.1, -0.05) is 6.07 Å². The number of benzene rings is 1. The Kier molecular flexibility index (Phi) is 2.36. The molecule has 5 rings (SSSR count). The van der Waals surface area contributed by atoms with Gasteiger partial charge in [-0.15, -0.1) is 0 Å². The quantitative estimate of drug-likeness (QED) is 0.740. The molecule has 0 saturated carbocycles. The van der Waals surface area contributed by atoms with Gasteiger partial charge in [-0.25, -0.2) is 0 Å². The normalized spacial score (nSPS) is 20.0. The number of aromatic nitrogens is 1. The topological polar surface area (TPSA) is 17.2 Å². The first-order chi connectivity index (χ1) is 11.2. The van der Waals surface area contributed by atoms with Crippen molar-refractivity contribution in [2.45, 2.75) is 6.42 Å². The number of allylic oxidation sites excluding steroid dienone is 2. The van der Waals surface area contributed by atoms with Gasteiger partial charge in [-0.05, 0) is 41.6 Å². The van der Waals surface area contributed by atoms with Gasteiger partial charge < -0.3 is 22.3 Å². The highest BCUT2D eigenvalue weighted by molar-refractivity contribution is 6.57. The molecule has 0 spiro atoms. The van der Waals surface area contributed by atoms with E-state index in [1.165, 1.54) is 12.4 Å². The fourth-order valence-corrected chi connectivity index (χ4v) is 3.66. The summed E-state index contributed by atoms with van der Waals surface area (Å²) in [5, 5.41) is 0. The lowest BCUT2D eigenvalue weighted by atomic mass is 9.86. The molecule has 1 aromatic heterocycles. The van der Waals surface area contributed by atoms with Crippen molar-refractivity contribution in [1.29, 1.82) is 0 Å². The molecule has 0 bridgehead atoms. The largest absolute Gasteiger partial charge is 0.737 e. The number of ether oxygens (including phenoxy) is 1. The molecule has 0 fully saturated rings. The van der Waals surface area contributed by atoms with E-state index in [0.717, 1.165) is 37.8 Å². The predicted octanol–water partition coefficient (Wildman–Crippen LogP) is 3.07. The molecule has 4 heterocycles. The van der Waals surface area contributed by atoms with Crippen molar-refractivity contribution in [2.75, 3.05) is 6.61 Å². The average Bonchev–Trinajstić information content (AvgIpc) is 3.27. The molecule has 2 aromatic rings. The Hall–Kier alpha value is -2.63. The molecule has 0 aliphatic carbocycles. The maximum atomic E-state index is 14.7. The summed E-state index contributed by atoms with van der Waals surface area (Å²) in [4.78, 5) is 0. The van der Waals surface area contributed by atoms with Crippen LogP contribution in [0.15, 0.2) is 54.4 Å². The zero-order valence-corrected chi connectivity index (χ0v) is 12.2. The summed E-state index contributed by atoms with van der Waals surface area (Å²) in [6.45, 7) is -3.15. The lowest BCUT2D eigenvalue weighted by Crippen LogP contribution is -2.49. The van der Waals surface area contributed by atoms with E-state index >= 15 is 0 Å². The molecule has 3 nitrogen and oxygen atoms in total.